The van der Waals surface area contributed by atoms with E-state index in [1.165, 1.54) is 11.1 Å². The third-order valence-electron chi connectivity index (χ3n) is 6.09. The number of nitrogens with one attached hydrogen (secondary N) is 1. The van der Waals surface area contributed by atoms with E-state index < -0.39 is 6.04 Å². The molecule has 0 aromatic heterocycles. The molecule has 2 atom stereocenters. The van der Waals surface area contributed by atoms with E-state index >= 15 is 0 Å². The van der Waals surface area contributed by atoms with Crippen molar-refractivity contribution < 1.29 is 9.59 Å². The first-order valence-electron chi connectivity index (χ1n) is 12.4. The van der Waals surface area contributed by atoms with Crippen molar-refractivity contribution in [3.63, 3.8) is 0 Å². The maximum atomic E-state index is 13.7. The van der Waals surface area contributed by atoms with E-state index in [0.717, 1.165) is 27.8 Å². The first kappa shape index (κ1) is 28.0. The van der Waals surface area contributed by atoms with Crippen LogP contribution in [0.4, 0.5) is 0 Å². The summed E-state index contributed by atoms with van der Waals surface area (Å²) in [6, 6.07) is 25.6. The van der Waals surface area contributed by atoms with Gasteiger partial charge >= 0.3 is 0 Å². The highest BCUT2D eigenvalue weighted by molar-refractivity contribution is 9.10. The monoisotopic (exact) mass is 566 g/mol. The minimum atomic E-state index is -0.604. The standard InChI is InChI=1S/C30H35BrN2O2S/c1-4-23(3)32-30(35)28(18-24-11-6-5-7-12-24)33(19-25-13-9-15-27(31)17-25)29(34)21-36-20-26-14-8-10-22(2)16-26/h5-17,23,28H,4,18-21H2,1-3H3,(H,32,35)/t23-,28-/m1/s1. The van der Waals surface area contributed by atoms with Gasteiger partial charge in [-0.25, -0.2) is 0 Å². The van der Waals surface area contributed by atoms with Gasteiger partial charge in [0.1, 0.15) is 6.04 Å². The summed E-state index contributed by atoms with van der Waals surface area (Å²) < 4.78 is 0.949. The van der Waals surface area contributed by atoms with Crippen LogP contribution in [0, 0.1) is 6.92 Å². The Morgan fingerprint density at radius 1 is 0.944 bits per heavy atom. The Hall–Kier alpha value is -2.57. The molecule has 3 aromatic rings. The molecular formula is C30H35BrN2O2S. The molecule has 1 N–H and O–H groups in total. The molecule has 0 heterocycles. The number of halogens is 1. The predicted molar refractivity (Wildman–Crippen MR) is 154 cm³/mol. The Bertz CT molecular complexity index is 1140. The second-order valence-corrected chi connectivity index (χ2v) is 11.1. The number of hydrogen-bond donors (Lipinski definition) is 1. The van der Waals surface area contributed by atoms with Gasteiger partial charge in [-0.1, -0.05) is 95.1 Å². The van der Waals surface area contributed by atoms with Crippen LogP contribution in [0.2, 0.25) is 0 Å². The zero-order chi connectivity index (χ0) is 25.9. The van der Waals surface area contributed by atoms with E-state index in [2.05, 4.69) is 46.4 Å². The lowest BCUT2D eigenvalue weighted by molar-refractivity contribution is -0.139. The number of hydrogen-bond acceptors (Lipinski definition) is 3. The fourth-order valence-corrected chi connectivity index (χ4v) is 5.27. The summed E-state index contributed by atoms with van der Waals surface area (Å²) in [6.07, 6.45) is 1.29. The summed E-state index contributed by atoms with van der Waals surface area (Å²) in [6.45, 7) is 6.48. The smallest absolute Gasteiger partial charge is 0.243 e. The molecule has 0 saturated heterocycles. The Kier molecular flexibility index (Phi) is 11.1. The second kappa shape index (κ2) is 14.2. The number of amides is 2. The van der Waals surface area contributed by atoms with Crippen molar-refractivity contribution in [2.45, 2.75) is 58.0 Å². The first-order chi connectivity index (χ1) is 17.4. The van der Waals surface area contributed by atoms with Crippen LogP contribution in [0.25, 0.3) is 0 Å². The largest absolute Gasteiger partial charge is 0.352 e. The Balaban J connectivity index is 1.85. The molecule has 6 heteroatoms. The molecule has 0 unspecified atom stereocenters. The van der Waals surface area contributed by atoms with Crippen molar-refractivity contribution in [1.82, 2.24) is 10.2 Å². The summed E-state index contributed by atoms with van der Waals surface area (Å²) in [5.41, 5.74) is 4.42. The molecule has 0 aliphatic rings. The Morgan fingerprint density at radius 3 is 2.33 bits per heavy atom. The molecule has 36 heavy (non-hydrogen) atoms. The molecule has 0 radical (unpaired) electrons. The lowest BCUT2D eigenvalue weighted by Gasteiger charge is -2.32. The highest BCUT2D eigenvalue weighted by atomic mass is 79.9. The van der Waals surface area contributed by atoms with Gasteiger partial charge in [0.25, 0.3) is 0 Å². The van der Waals surface area contributed by atoms with Crippen LogP contribution in [0.15, 0.2) is 83.3 Å². The summed E-state index contributed by atoms with van der Waals surface area (Å²) in [4.78, 5) is 29.0. The predicted octanol–water partition coefficient (Wildman–Crippen LogP) is 6.55. The van der Waals surface area contributed by atoms with Gasteiger partial charge in [0.2, 0.25) is 11.8 Å². The SMILES string of the molecule is CC[C@@H](C)NC(=O)[C@@H](Cc1ccccc1)N(Cc1cccc(Br)c1)C(=O)CSCc1cccc(C)c1. The van der Waals surface area contributed by atoms with Crippen LogP contribution in [-0.2, 0) is 28.3 Å². The van der Waals surface area contributed by atoms with Gasteiger partial charge in [-0.15, -0.1) is 11.8 Å². The average molecular weight is 568 g/mol. The molecule has 0 fully saturated rings. The number of benzene rings is 3. The molecular weight excluding hydrogens is 532 g/mol. The molecule has 3 aromatic carbocycles. The van der Waals surface area contributed by atoms with E-state index in [0.29, 0.717) is 18.7 Å². The van der Waals surface area contributed by atoms with Crippen molar-refractivity contribution in [2.75, 3.05) is 5.75 Å². The lowest BCUT2D eigenvalue weighted by Crippen LogP contribution is -2.52. The van der Waals surface area contributed by atoms with Gasteiger partial charge < -0.3 is 10.2 Å². The maximum absolute atomic E-state index is 13.7. The van der Waals surface area contributed by atoms with Crippen molar-refractivity contribution in [1.29, 1.82) is 0 Å². The molecule has 0 bridgehead atoms. The molecule has 0 aliphatic carbocycles. The Labute approximate surface area is 228 Å². The zero-order valence-corrected chi connectivity index (χ0v) is 23.6. The quantitative estimate of drug-likeness (QED) is 0.270. The average Bonchev–Trinajstić information content (AvgIpc) is 2.86. The molecule has 0 aliphatic heterocycles. The minimum Gasteiger partial charge on any atom is -0.352 e. The van der Waals surface area contributed by atoms with E-state index in [9.17, 15) is 9.59 Å². The van der Waals surface area contributed by atoms with E-state index in [4.69, 9.17) is 0 Å². The zero-order valence-electron chi connectivity index (χ0n) is 21.2. The van der Waals surface area contributed by atoms with E-state index in [1.807, 2.05) is 74.5 Å². The van der Waals surface area contributed by atoms with Gasteiger partial charge in [-0.05, 0) is 49.1 Å². The van der Waals surface area contributed by atoms with Gasteiger partial charge in [0.15, 0.2) is 0 Å². The summed E-state index contributed by atoms with van der Waals surface area (Å²) in [5.74, 6) is 0.915. The van der Waals surface area contributed by atoms with Crippen molar-refractivity contribution in [3.8, 4) is 0 Å². The van der Waals surface area contributed by atoms with Crippen LogP contribution >= 0.6 is 27.7 Å². The Morgan fingerprint density at radius 2 is 1.64 bits per heavy atom. The summed E-state index contributed by atoms with van der Waals surface area (Å²) in [7, 11) is 0. The van der Waals surface area contributed by atoms with Gasteiger partial charge in [-0.3, -0.25) is 9.59 Å². The van der Waals surface area contributed by atoms with Gasteiger partial charge in [-0.2, -0.15) is 0 Å². The number of carbonyl (C=O) groups is 2. The normalized spacial score (nSPS) is 12.6. The summed E-state index contributed by atoms with van der Waals surface area (Å²) in [5, 5.41) is 3.12. The fourth-order valence-electron chi connectivity index (χ4n) is 3.97. The third-order valence-corrected chi connectivity index (χ3v) is 7.57. The van der Waals surface area contributed by atoms with E-state index in [-0.39, 0.29) is 17.9 Å². The lowest BCUT2D eigenvalue weighted by atomic mass is 10.0. The topological polar surface area (TPSA) is 49.4 Å². The number of nitrogens with zero attached hydrogens (tertiary/aromatic N) is 1. The summed E-state index contributed by atoms with van der Waals surface area (Å²) >= 11 is 5.12. The molecule has 3 rings (SSSR count). The second-order valence-electron chi connectivity index (χ2n) is 9.16. The maximum Gasteiger partial charge on any atom is 0.243 e. The molecule has 0 spiro atoms. The third kappa shape index (κ3) is 8.82. The number of thioether (sulfide) groups is 1. The highest BCUT2D eigenvalue weighted by Crippen LogP contribution is 2.20. The van der Waals surface area contributed by atoms with Gasteiger partial charge in [0, 0.05) is 29.2 Å². The number of aryl methyl sites for hydroxylation is 1. The van der Waals surface area contributed by atoms with Crippen molar-refractivity contribution >= 4 is 39.5 Å². The number of rotatable bonds is 12. The van der Waals surface area contributed by atoms with Crippen molar-refractivity contribution in [3.05, 3.63) is 106 Å². The first-order valence-corrected chi connectivity index (χ1v) is 14.3. The van der Waals surface area contributed by atoms with Crippen LogP contribution in [-0.4, -0.2) is 34.6 Å². The minimum absolute atomic E-state index is 0.0344. The molecule has 190 valence electrons. The van der Waals surface area contributed by atoms with Crippen LogP contribution in [0.3, 0.4) is 0 Å². The molecule has 0 saturated carbocycles. The van der Waals surface area contributed by atoms with Crippen LogP contribution in [0.5, 0.6) is 0 Å². The molecule has 2 amide bonds. The molecule has 4 nitrogen and oxygen atoms in total. The number of carbonyl (C=O) groups excluding carboxylic acids is 2. The van der Waals surface area contributed by atoms with Crippen molar-refractivity contribution in [2.24, 2.45) is 0 Å². The van der Waals surface area contributed by atoms with Crippen LogP contribution < -0.4 is 5.32 Å². The van der Waals surface area contributed by atoms with E-state index in [1.54, 1.807) is 16.7 Å². The fraction of sp³-hybridized carbons (Fsp3) is 0.333. The van der Waals surface area contributed by atoms with Gasteiger partial charge in [0.05, 0.1) is 5.75 Å². The highest BCUT2D eigenvalue weighted by Gasteiger charge is 2.30. The van der Waals surface area contributed by atoms with Crippen LogP contribution in [0.1, 0.15) is 42.5 Å².